The lowest BCUT2D eigenvalue weighted by molar-refractivity contribution is -0.132. The summed E-state index contributed by atoms with van der Waals surface area (Å²) in [4.78, 5) is 23.0. The van der Waals surface area contributed by atoms with Crippen LogP contribution in [0.3, 0.4) is 0 Å². The van der Waals surface area contributed by atoms with Crippen molar-refractivity contribution in [3.63, 3.8) is 0 Å². The van der Waals surface area contributed by atoms with Crippen LogP contribution in [0.2, 0.25) is 0 Å². The summed E-state index contributed by atoms with van der Waals surface area (Å²) in [5, 5.41) is 0. The van der Waals surface area contributed by atoms with Crippen molar-refractivity contribution in [1.29, 1.82) is 0 Å². The Bertz CT molecular complexity index is 719. The van der Waals surface area contributed by atoms with E-state index in [0.717, 1.165) is 30.9 Å². The number of aromatic nitrogens is 2. The van der Waals surface area contributed by atoms with E-state index in [1.807, 2.05) is 17.9 Å². The molecule has 1 amide bonds. The predicted molar refractivity (Wildman–Crippen MR) is 90.0 cm³/mol. The molecular formula is C19H22FN3O. The van der Waals surface area contributed by atoms with E-state index in [2.05, 4.69) is 9.97 Å². The molecule has 2 heterocycles. The maximum atomic E-state index is 13.7. The molecule has 1 aliphatic rings. The van der Waals surface area contributed by atoms with Gasteiger partial charge in [-0.1, -0.05) is 18.2 Å². The zero-order valence-corrected chi connectivity index (χ0v) is 13.9. The van der Waals surface area contributed by atoms with Crippen molar-refractivity contribution in [2.45, 2.75) is 38.5 Å². The Hall–Kier alpha value is -2.30. The molecule has 1 aliphatic heterocycles. The number of piperidine rings is 1. The largest absolute Gasteiger partial charge is 0.342 e. The lowest BCUT2D eigenvalue weighted by Gasteiger charge is -2.32. The van der Waals surface area contributed by atoms with Gasteiger partial charge in [0.05, 0.1) is 0 Å². The first-order chi connectivity index (χ1) is 11.6. The van der Waals surface area contributed by atoms with Gasteiger partial charge in [0.15, 0.2) is 0 Å². The Morgan fingerprint density at radius 2 is 2.17 bits per heavy atom. The van der Waals surface area contributed by atoms with Crippen molar-refractivity contribution in [2.24, 2.45) is 0 Å². The lowest BCUT2D eigenvalue weighted by Crippen LogP contribution is -2.39. The summed E-state index contributed by atoms with van der Waals surface area (Å²) < 4.78 is 13.7. The maximum Gasteiger partial charge on any atom is 0.222 e. The smallest absolute Gasteiger partial charge is 0.222 e. The van der Waals surface area contributed by atoms with Crippen LogP contribution in [0, 0.1) is 12.7 Å². The van der Waals surface area contributed by atoms with E-state index < -0.39 is 0 Å². The summed E-state index contributed by atoms with van der Waals surface area (Å²) in [5.41, 5.74) is 1.61. The minimum absolute atomic E-state index is 0.0914. The second-order valence-electron chi connectivity index (χ2n) is 6.30. The van der Waals surface area contributed by atoms with Gasteiger partial charge < -0.3 is 4.90 Å². The zero-order chi connectivity index (χ0) is 16.9. The minimum atomic E-state index is -0.238. The van der Waals surface area contributed by atoms with Gasteiger partial charge in [-0.3, -0.25) is 4.79 Å². The van der Waals surface area contributed by atoms with Gasteiger partial charge in [0.25, 0.3) is 0 Å². The summed E-state index contributed by atoms with van der Waals surface area (Å²) in [6.07, 6.45) is 4.57. The van der Waals surface area contributed by atoms with Crippen molar-refractivity contribution in [3.05, 3.63) is 59.4 Å². The molecule has 0 spiro atoms. The summed E-state index contributed by atoms with van der Waals surface area (Å²) in [5.74, 6) is 0.875. The number of hydrogen-bond donors (Lipinski definition) is 0. The Balaban J connectivity index is 1.60. The van der Waals surface area contributed by atoms with Gasteiger partial charge in [0.1, 0.15) is 11.6 Å². The van der Waals surface area contributed by atoms with Crippen LogP contribution in [0.25, 0.3) is 0 Å². The maximum absolute atomic E-state index is 13.7. The van der Waals surface area contributed by atoms with E-state index in [9.17, 15) is 9.18 Å². The Labute approximate surface area is 141 Å². The quantitative estimate of drug-likeness (QED) is 0.866. The lowest BCUT2D eigenvalue weighted by atomic mass is 9.94. The van der Waals surface area contributed by atoms with Crippen molar-refractivity contribution in [2.75, 3.05) is 13.1 Å². The summed E-state index contributed by atoms with van der Waals surface area (Å²) in [6.45, 7) is 3.34. The van der Waals surface area contributed by atoms with Crippen LogP contribution >= 0.6 is 0 Å². The number of nitrogens with zero attached hydrogens (tertiary/aromatic N) is 3. The first kappa shape index (κ1) is 16.6. The molecular weight excluding hydrogens is 305 g/mol. The van der Waals surface area contributed by atoms with Crippen LogP contribution in [-0.2, 0) is 11.2 Å². The highest BCUT2D eigenvalue weighted by Crippen LogP contribution is 2.26. The molecule has 0 unspecified atom stereocenters. The molecule has 1 aromatic carbocycles. The normalized spacial score (nSPS) is 17.8. The fraction of sp³-hybridized carbons (Fsp3) is 0.421. The molecule has 0 bridgehead atoms. The molecule has 4 nitrogen and oxygen atoms in total. The molecule has 0 aliphatic carbocycles. The second-order valence-corrected chi connectivity index (χ2v) is 6.30. The average Bonchev–Trinajstić information content (AvgIpc) is 2.61. The van der Waals surface area contributed by atoms with Gasteiger partial charge in [-0.05, 0) is 43.9 Å². The monoisotopic (exact) mass is 327 g/mol. The molecule has 2 aromatic rings. The third kappa shape index (κ3) is 3.96. The highest BCUT2D eigenvalue weighted by atomic mass is 19.1. The first-order valence-electron chi connectivity index (χ1n) is 8.44. The molecule has 1 saturated heterocycles. The van der Waals surface area contributed by atoms with Gasteiger partial charge in [-0.15, -0.1) is 0 Å². The van der Waals surface area contributed by atoms with Crippen LogP contribution in [0.5, 0.6) is 0 Å². The molecule has 1 fully saturated rings. The number of hydrogen-bond acceptors (Lipinski definition) is 3. The van der Waals surface area contributed by atoms with Crippen molar-refractivity contribution < 1.29 is 9.18 Å². The average molecular weight is 327 g/mol. The number of rotatable bonds is 4. The molecule has 24 heavy (non-hydrogen) atoms. The SMILES string of the molecule is Cc1nccc([C@H]2CCCN(C(=O)CCc3ccccc3F)C2)n1. The number of benzene rings is 1. The molecule has 0 radical (unpaired) electrons. The topological polar surface area (TPSA) is 46.1 Å². The van der Waals surface area contributed by atoms with Gasteiger partial charge in [0, 0.05) is 37.3 Å². The highest BCUT2D eigenvalue weighted by molar-refractivity contribution is 5.76. The number of amides is 1. The van der Waals surface area contributed by atoms with Crippen LogP contribution < -0.4 is 0 Å². The summed E-state index contributed by atoms with van der Waals surface area (Å²) in [6, 6.07) is 8.58. The second kappa shape index (κ2) is 7.51. The van der Waals surface area contributed by atoms with Crippen molar-refractivity contribution >= 4 is 5.91 Å². The standard InChI is InChI=1S/C19H22FN3O/c1-14-21-11-10-18(22-14)16-6-4-12-23(13-16)19(24)9-8-15-5-2-3-7-17(15)20/h2-3,5,7,10-11,16H,4,6,8-9,12-13H2,1H3/t16-/m0/s1. The zero-order valence-electron chi connectivity index (χ0n) is 13.9. The van der Waals surface area contributed by atoms with Crippen LogP contribution in [0.4, 0.5) is 4.39 Å². The third-order valence-corrected chi connectivity index (χ3v) is 4.56. The number of carbonyl (C=O) groups excluding carboxylic acids is 1. The first-order valence-corrected chi connectivity index (χ1v) is 8.44. The van der Waals surface area contributed by atoms with Gasteiger partial charge >= 0.3 is 0 Å². The number of aryl methyl sites for hydroxylation is 2. The van der Waals surface area contributed by atoms with E-state index in [4.69, 9.17) is 0 Å². The van der Waals surface area contributed by atoms with Crippen LogP contribution in [0.15, 0.2) is 36.5 Å². The summed E-state index contributed by atoms with van der Waals surface area (Å²) in [7, 11) is 0. The minimum Gasteiger partial charge on any atom is -0.342 e. The molecule has 1 aromatic heterocycles. The van der Waals surface area contributed by atoms with Gasteiger partial charge in [0.2, 0.25) is 5.91 Å². The Morgan fingerprint density at radius 1 is 1.33 bits per heavy atom. The Kier molecular flexibility index (Phi) is 5.18. The summed E-state index contributed by atoms with van der Waals surface area (Å²) >= 11 is 0. The molecule has 3 rings (SSSR count). The number of carbonyl (C=O) groups is 1. The number of likely N-dealkylation sites (tertiary alicyclic amines) is 1. The van der Waals surface area contributed by atoms with E-state index in [0.29, 0.717) is 24.9 Å². The predicted octanol–water partition coefficient (Wildman–Crippen LogP) is 3.26. The third-order valence-electron chi connectivity index (χ3n) is 4.56. The van der Waals surface area contributed by atoms with E-state index in [-0.39, 0.29) is 17.6 Å². The van der Waals surface area contributed by atoms with Crippen LogP contribution in [0.1, 0.15) is 42.3 Å². The fourth-order valence-electron chi connectivity index (χ4n) is 3.25. The number of halogens is 1. The molecule has 126 valence electrons. The van der Waals surface area contributed by atoms with E-state index in [1.165, 1.54) is 6.07 Å². The van der Waals surface area contributed by atoms with Gasteiger partial charge in [-0.2, -0.15) is 0 Å². The molecule has 5 heteroatoms. The van der Waals surface area contributed by atoms with Crippen molar-refractivity contribution in [1.82, 2.24) is 14.9 Å². The van der Waals surface area contributed by atoms with Gasteiger partial charge in [-0.25, -0.2) is 14.4 Å². The van der Waals surface area contributed by atoms with Crippen LogP contribution in [-0.4, -0.2) is 33.9 Å². The molecule has 1 atom stereocenters. The fourth-order valence-corrected chi connectivity index (χ4v) is 3.25. The van der Waals surface area contributed by atoms with Crippen molar-refractivity contribution in [3.8, 4) is 0 Å². The Morgan fingerprint density at radius 3 is 2.96 bits per heavy atom. The molecule has 0 saturated carbocycles. The van der Waals surface area contributed by atoms with E-state index in [1.54, 1.807) is 24.4 Å². The van der Waals surface area contributed by atoms with E-state index >= 15 is 0 Å². The highest BCUT2D eigenvalue weighted by Gasteiger charge is 2.25. The molecule has 0 N–H and O–H groups in total.